The molecule has 1 unspecified atom stereocenters. The number of ether oxygens (including phenoxy) is 1. The number of methoxy groups -OCH3 is 1. The van der Waals surface area contributed by atoms with Crippen LogP contribution in [0.5, 0.6) is 0 Å². The highest BCUT2D eigenvalue weighted by atomic mass is 16.5. The largest absolute Gasteiger partial charge is 0.385 e. The molecule has 1 aromatic carbocycles. The van der Waals surface area contributed by atoms with Crippen LogP contribution in [0, 0.1) is 5.41 Å². The first kappa shape index (κ1) is 15.7. The summed E-state index contributed by atoms with van der Waals surface area (Å²) in [7, 11) is 1.68. The number of hydrogen-bond donors (Lipinski definition) is 2. The van der Waals surface area contributed by atoms with Crippen molar-refractivity contribution >= 4 is 5.91 Å². The summed E-state index contributed by atoms with van der Waals surface area (Å²) in [5.41, 5.74) is 6.76. The van der Waals surface area contributed by atoms with Gasteiger partial charge in [0.05, 0.1) is 0 Å². The summed E-state index contributed by atoms with van der Waals surface area (Å²) in [5.74, 6) is -0.142. The van der Waals surface area contributed by atoms with Gasteiger partial charge in [-0.25, -0.2) is 0 Å². The zero-order chi connectivity index (χ0) is 14.3. The molecule has 0 aliphatic heterocycles. The molecular weight excluding hydrogens is 240 g/mol. The third kappa shape index (κ3) is 5.41. The van der Waals surface area contributed by atoms with Gasteiger partial charge in [0.2, 0.25) is 5.91 Å². The van der Waals surface area contributed by atoms with Crippen molar-refractivity contribution in [3.8, 4) is 0 Å². The van der Waals surface area contributed by atoms with Gasteiger partial charge in [-0.3, -0.25) is 4.79 Å². The first-order chi connectivity index (χ1) is 8.96. The highest BCUT2D eigenvalue weighted by Crippen LogP contribution is 2.19. The fourth-order valence-electron chi connectivity index (χ4n) is 1.71. The lowest BCUT2D eigenvalue weighted by molar-refractivity contribution is -0.123. The lowest BCUT2D eigenvalue weighted by Gasteiger charge is -2.25. The molecule has 1 rings (SSSR count). The van der Waals surface area contributed by atoms with Crippen LogP contribution < -0.4 is 11.1 Å². The van der Waals surface area contributed by atoms with E-state index in [1.165, 1.54) is 0 Å². The summed E-state index contributed by atoms with van der Waals surface area (Å²) < 4.78 is 5.06. The van der Waals surface area contributed by atoms with Crippen LogP contribution in [0.3, 0.4) is 0 Å². The number of carbonyl (C=O) groups excluding carboxylic acids is 1. The van der Waals surface area contributed by atoms with Crippen molar-refractivity contribution in [2.24, 2.45) is 11.1 Å². The lowest BCUT2D eigenvalue weighted by Crippen LogP contribution is -2.39. The molecule has 19 heavy (non-hydrogen) atoms. The second kappa shape index (κ2) is 7.26. The Morgan fingerprint density at radius 1 is 1.37 bits per heavy atom. The maximum absolute atomic E-state index is 12.0. The van der Waals surface area contributed by atoms with Crippen LogP contribution >= 0.6 is 0 Å². The van der Waals surface area contributed by atoms with Crippen LogP contribution in [0.2, 0.25) is 0 Å². The number of nitrogens with two attached hydrogens (primary N) is 1. The lowest BCUT2D eigenvalue weighted by atomic mass is 9.89. The monoisotopic (exact) mass is 264 g/mol. The molecule has 0 radical (unpaired) electrons. The molecule has 0 bridgehead atoms. The first-order valence-electron chi connectivity index (χ1n) is 6.53. The van der Waals surface area contributed by atoms with Crippen molar-refractivity contribution in [2.45, 2.75) is 26.3 Å². The number of hydrogen-bond acceptors (Lipinski definition) is 3. The molecular formula is C15H24N2O2. The number of carbonyl (C=O) groups is 1. The van der Waals surface area contributed by atoms with E-state index in [0.717, 1.165) is 12.0 Å². The predicted octanol–water partition coefficient (Wildman–Crippen LogP) is 1.87. The minimum absolute atomic E-state index is 0.00206. The van der Waals surface area contributed by atoms with Crippen molar-refractivity contribution in [1.82, 2.24) is 5.32 Å². The van der Waals surface area contributed by atoms with E-state index in [2.05, 4.69) is 19.2 Å². The zero-order valence-corrected chi connectivity index (χ0v) is 12.0. The van der Waals surface area contributed by atoms with Crippen molar-refractivity contribution in [2.75, 3.05) is 20.3 Å². The Labute approximate surface area is 115 Å². The Balaban J connectivity index is 2.47. The molecule has 1 amide bonds. The Bertz CT molecular complexity index is 390. The minimum Gasteiger partial charge on any atom is -0.385 e. The van der Waals surface area contributed by atoms with Gasteiger partial charge in [-0.2, -0.15) is 0 Å². The standard InChI is InChI=1S/C15H24N2O2/c1-15(2,9-10-19-3)11-17-14(18)13(16)12-7-5-4-6-8-12/h4-8,13H,9-11,16H2,1-3H3,(H,17,18). The number of nitrogens with one attached hydrogen (secondary N) is 1. The van der Waals surface area contributed by atoms with Gasteiger partial charge in [-0.15, -0.1) is 0 Å². The van der Waals surface area contributed by atoms with E-state index in [4.69, 9.17) is 10.5 Å². The summed E-state index contributed by atoms with van der Waals surface area (Å²) >= 11 is 0. The highest BCUT2D eigenvalue weighted by molar-refractivity contribution is 5.82. The van der Waals surface area contributed by atoms with E-state index in [9.17, 15) is 4.79 Å². The van der Waals surface area contributed by atoms with Crippen molar-refractivity contribution < 1.29 is 9.53 Å². The highest BCUT2D eigenvalue weighted by Gasteiger charge is 2.21. The number of amides is 1. The van der Waals surface area contributed by atoms with Gasteiger partial charge in [-0.05, 0) is 17.4 Å². The van der Waals surface area contributed by atoms with E-state index >= 15 is 0 Å². The smallest absolute Gasteiger partial charge is 0.241 e. The van der Waals surface area contributed by atoms with Crippen molar-refractivity contribution in [3.63, 3.8) is 0 Å². The first-order valence-corrected chi connectivity index (χ1v) is 6.53. The summed E-state index contributed by atoms with van der Waals surface area (Å²) in [4.78, 5) is 12.0. The number of benzene rings is 1. The van der Waals surface area contributed by atoms with Gasteiger partial charge in [0.25, 0.3) is 0 Å². The van der Waals surface area contributed by atoms with Gasteiger partial charge in [0, 0.05) is 20.3 Å². The van der Waals surface area contributed by atoms with E-state index < -0.39 is 6.04 Å². The van der Waals surface area contributed by atoms with Crippen LogP contribution in [-0.4, -0.2) is 26.2 Å². The van der Waals surface area contributed by atoms with Crippen LogP contribution in [0.1, 0.15) is 31.9 Å². The maximum Gasteiger partial charge on any atom is 0.241 e. The van der Waals surface area contributed by atoms with Gasteiger partial charge >= 0.3 is 0 Å². The van der Waals surface area contributed by atoms with Crippen LogP contribution in [0.15, 0.2) is 30.3 Å². The SMILES string of the molecule is COCCC(C)(C)CNC(=O)C(N)c1ccccc1. The molecule has 0 aliphatic carbocycles. The molecule has 4 heteroatoms. The fraction of sp³-hybridized carbons (Fsp3) is 0.533. The van der Waals surface area contributed by atoms with E-state index in [-0.39, 0.29) is 11.3 Å². The van der Waals surface area contributed by atoms with Crippen molar-refractivity contribution in [1.29, 1.82) is 0 Å². The van der Waals surface area contributed by atoms with Gasteiger partial charge in [-0.1, -0.05) is 44.2 Å². The molecule has 4 nitrogen and oxygen atoms in total. The zero-order valence-electron chi connectivity index (χ0n) is 12.0. The second-order valence-corrected chi connectivity index (χ2v) is 5.51. The molecule has 0 aromatic heterocycles. The Kier molecular flexibility index (Phi) is 5.99. The summed E-state index contributed by atoms with van der Waals surface area (Å²) in [5, 5.41) is 2.91. The summed E-state index contributed by atoms with van der Waals surface area (Å²) in [6.07, 6.45) is 0.893. The van der Waals surface area contributed by atoms with Crippen molar-refractivity contribution in [3.05, 3.63) is 35.9 Å². The maximum atomic E-state index is 12.0. The van der Waals surface area contributed by atoms with Gasteiger partial charge in [0.1, 0.15) is 6.04 Å². The molecule has 3 N–H and O–H groups in total. The molecule has 0 saturated heterocycles. The Morgan fingerprint density at radius 2 is 2.00 bits per heavy atom. The van der Waals surface area contributed by atoms with Gasteiger partial charge < -0.3 is 15.8 Å². The van der Waals surface area contributed by atoms with E-state index in [0.29, 0.717) is 13.2 Å². The third-order valence-electron chi connectivity index (χ3n) is 3.17. The molecule has 0 fully saturated rings. The Hall–Kier alpha value is -1.39. The molecule has 1 atom stereocenters. The Morgan fingerprint density at radius 3 is 2.58 bits per heavy atom. The normalized spacial score (nSPS) is 13.1. The molecule has 0 aliphatic rings. The van der Waals surface area contributed by atoms with E-state index in [1.54, 1.807) is 7.11 Å². The molecule has 106 valence electrons. The van der Waals surface area contributed by atoms with Crippen LogP contribution in [0.25, 0.3) is 0 Å². The van der Waals surface area contributed by atoms with Crippen LogP contribution in [0.4, 0.5) is 0 Å². The third-order valence-corrected chi connectivity index (χ3v) is 3.17. The molecule has 0 heterocycles. The fourth-order valence-corrected chi connectivity index (χ4v) is 1.71. The summed E-state index contributed by atoms with van der Waals surface area (Å²) in [6, 6.07) is 8.78. The van der Waals surface area contributed by atoms with Crippen LogP contribution in [-0.2, 0) is 9.53 Å². The second-order valence-electron chi connectivity index (χ2n) is 5.51. The number of rotatable bonds is 7. The van der Waals surface area contributed by atoms with Gasteiger partial charge in [0.15, 0.2) is 0 Å². The summed E-state index contributed by atoms with van der Waals surface area (Å²) in [6.45, 7) is 5.48. The average Bonchev–Trinajstić information content (AvgIpc) is 2.43. The average molecular weight is 264 g/mol. The minimum atomic E-state index is -0.612. The molecule has 0 spiro atoms. The molecule has 0 saturated carbocycles. The molecule has 1 aromatic rings. The quantitative estimate of drug-likeness (QED) is 0.790. The topological polar surface area (TPSA) is 64.3 Å². The van der Waals surface area contributed by atoms with E-state index in [1.807, 2.05) is 30.3 Å². The predicted molar refractivity (Wildman–Crippen MR) is 76.7 cm³/mol.